The molecule has 5 nitrogen and oxygen atoms in total. The van der Waals surface area contributed by atoms with Crippen LogP contribution in [0, 0.1) is 6.92 Å². The van der Waals surface area contributed by atoms with Crippen LogP contribution in [0.3, 0.4) is 0 Å². The average Bonchev–Trinajstić information content (AvgIpc) is 2.74. The number of nitrogens with zero attached hydrogens (tertiary/aromatic N) is 1. The molecule has 3 rings (SSSR count). The molecule has 1 aromatic carbocycles. The molecule has 1 aromatic heterocycles. The summed E-state index contributed by atoms with van der Waals surface area (Å²) in [6.07, 6.45) is 0.915. The van der Waals surface area contributed by atoms with Crippen molar-refractivity contribution in [2.24, 2.45) is 0 Å². The van der Waals surface area contributed by atoms with E-state index in [1.54, 1.807) is 0 Å². The van der Waals surface area contributed by atoms with Gasteiger partial charge in [-0.1, -0.05) is 18.2 Å². The Kier molecular flexibility index (Phi) is 2.40. The Morgan fingerprint density at radius 1 is 1.33 bits per heavy atom. The fraction of sp³-hybridized carbons (Fsp3) is 0.308. The molecule has 0 bridgehead atoms. The quantitative estimate of drug-likeness (QED) is 0.743. The van der Waals surface area contributed by atoms with E-state index in [4.69, 9.17) is 0 Å². The van der Waals surface area contributed by atoms with Gasteiger partial charge in [0.25, 0.3) is 0 Å². The molecule has 0 spiro atoms. The minimum absolute atomic E-state index is 0.198. The summed E-state index contributed by atoms with van der Waals surface area (Å²) < 4.78 is 0. The number of fused-ring (bicyclic) bond motifs is 1. The highest BCUT2D eigenvalue weighted by Crippen LogP contribution is 2.29. The number of hydrogen-bond donors (Lipinski definition) is 2. The molecular weight excluding hydrogens is 230 g/mol. The molecule has 1 aliphatic heterocycles. The van der Waals surface area contributed by atoms with Crippen LogP contribution in [0.25, 0.3) is 10.9 Å². The minimum Gasteiger partial charge on any atom is -0.296 e. The van der Waals surface area contributed by atoms with E-state index >= 15 is 0 Å². The molecule has 1 atom stereocenters. The zero-order chi connectivity index (χ0) is 12.7. The van der Waals surface area contributed by atoms with Crippen LogP contribution in [0.5, 0.6) is 0 Å². The Morgan fingerprint density at radius 2 is 2.17 bits per heavy atom. The fourth-order valence-corrected chi connectivity index (χ4v) is 2.44. The molecule has 18 heavy (non-hydrogen) atoms. The largest absolute Gasteiger partial charge is 0.296 e. The van der Waals surface area contributed by atoms with Crippen LogP contribution in [-0.2, 0) is 9.59 Å². The van der Waals surface area contributed by atoms with Gasteiger partial charge in [-0.3, -0.25) is 20.0 Å². The third-order valence-corrected chi connectivity index (χ3v) is 3.40. The summed E-state index contributed by atoms with van der Waals surface area (Å²) in [5, 5.41) is 10.5. The van der Waals surface area contributed by atoms with Gasteiger partial charge in [0.2, 0.25) is 11.8 Å². The summed E-state index contributed by atoms with van der Waals surface area (Å²) in [5.74, 6) is -0.746. The Bertz CT molecular complexity index is 645. The lowest BCUT2D eigenvalue weighted by Gasteiger charge is -2.19. The number of aryl methyl sites for hydroxylation is 1. The van der Waals surface area contributed by atoms with Crippen molar-refractivity contribution in [2.75, 3.05) is 0 Å². The number of piperidine rings is 1. The van der Waals surface area contributed by atoms with Crippen LogP contribution < -0.4 is 5.32 Å². The first-order valence-electron chi connectivity index (χ1n) is 5.94. The van der Waals surface area contributed by atoms with E-state index in [9.17, 15) is 9.59 Å². The summed E-state index contributed by atoms with van der Waals surface area (Å²) in [6, 6.07) is 5.88. The van der Waals surface area contributed by atoms with Gasteiger partial charge in [-0.15, -0.1) is 0 Å². The molecule has 0 aliphatic carbocycles. The van der Waals surface area contributed by atoms with Gasteiger partial charge in [0.05, 0.1) is 17.1 Å². The second kappa shape index (κ2) is 3.94. The second-order valence-electron chi connectivity index (χ2n) is 4.61. The van der Waals surface area contributed by atoms with Crippen molar-refractivity contribution in [1.82, 2.24) is 15.5 Å². The smallest absolute Gasteiger partial charge is 0.235 e. The molecule has 0 radical (unpaired) electrons. The van der Waals surface area contributed by atoms with E-state index in [1.165, 1.54) is 0 Å². The predicted molar refractivity (Wildman–Crippen MR) is 66.0 cm³/mol. The molecule has 2 N–H and O–H groups in total. The van der Waals surface area contributed by atoms with E-state index in [2.05, 4.69) is 15.5 Å². The maximum absolute atomic E-state index is 11.9. The maximum Gasteiger partial charge on any atom is 0.235 e. The molecule has 1 aliphatic rings. The first-order valence-corrected chi connectivity index (χ1v) is 5.94. The van der Waals surface area contributed by atoms with Crippen molar-refractivity contribution in [1.29, 1.82) is 0 Å². The number of imide groups is 1. The van der Waals surface area contributed by atoms with Crippen LogP contribution in [-0.4, -0.2) is 22.0 Å². The fourth-order valence-electron chi connectivity index (χ4n) is 2.44. The van der Waals surface area contributed by atoms with Crippen LogP contribution in [0.4, 0.5) is 0 Å². The van der Waals surface area contributed by atoms with E-state index in [-0.39, 0.29) is 17.7 Å². The van der Waals surface area contributed by atoms with Crippen molar-refractivity contribution < 1.29 is 9.59 Å². The van der Waals surface area contributed by atoms with Crippen molar-refractivity contribution in [3.63, 3.8) is 0 Å². The molecule has 1 saturated heterocycles. The standard InChI is InChI=1S/C13H13N3O2/c1-7-3-2-4-8-11(7)15-16-12(8)9-5-6-10(17)14-13(9)18/h2-4,9H,5-6H2,1H3,(H,15,16)(H,14,17,18). The van der Waals surface area contributed by atoms with Gasteiger partial charge in [-0.2, -0.15) is 5.10 Å². The molecular formula is C13H13N3O2. The second-order valence-corrected chi connectivity index (χ2v) is 4.61. The first-order chi connectivity index (χ1) is 8.66. The van der Waals surface area contributed by atoms with Gasteiger partial charge < -0.3 is 0 Å². The van der Waals surface area contributed by atoms with Gasteiger partial charge in [0.15, 0.2) is 0 Å². The number of amides is 2. The first kappa shape index (κ1) is 11.0. The van der Waals surface area contributed by atoms with E-state index in [0.29, 0.717) is 12.8 Å². The number of benzene rings is 1. The average molecular weight is 243 g/mol. The summed E-state index contributed by atoms with van der Waals surface area (Å²) in [5.41, 5.74) is 2.76. The zero-order valence-corrected chi connectivity index (χ0v) is 9.99. The molecule has 5 heteroatoms. The normalized spacial score (nSPS) is 20.2. The molecule has 1 fully saturated rings. The monoisotopic (exact) mass is 243 g/mol. The predicted octanol–water partition coefficient (Wildman–Crippen LogP) is 1.39. The number of aromatic amines is 1. The number of H-pyrrole nitrogens is 1. The van der Waals surface area contributed by atoms with Crippen molar-refractivity contribution >= 4 is 22.7 Å². The number of aromatic nitrogens is 2. The number of hydrogen-bond acceptors (Lipinski definition) is 3. The summed E-state index contributed by atoms with van der Waals surface area (Å²) in [6.45, 7) is 1.98. The van der Waals surface area contributed by atoms with Gasteiger partial charge in [0.1, 0.15) is 0 Å². The number of rotatable bonds is 1. The van der Waals surface area contributed by atoms with E-state index in [1.807, 2.05) is 25.1 Å². The van der Waals surface area contributed by atoms with Crippen molar-refractivity contribution in [2.45, 2.75) is 25.7 Å². The SMILES string of the molecule is Cc1cccc2c(C3CCC(=O)NC3=O)[nH]nc12. The molecule has 2 amide bonds. The molecule has 0 saturated carbocycles. The third kappa shape index (κ3) is 1.59. The lowest BCUT2D eigenvalue weighted by atomic mass is 9.92. The Balaban J connectivity index is 2.07. The molecule has 2 heterocycles. The van der Waals surface area contributed by atoms with Crippen LogP contribution in [0.15, 0.2) is 18.2 Å². The number of carbonyl (C=O) groups is 2. The minimum atomic E-state index is -0.311. The highest BCUT2D eigenvalue weighted by atomic mass is 16.2. The Labute approximate surface area is 104 Å². The van der Waals surface area contributed by atoms with Gasteiger partial charge in [-0.25, -0.2) is 0 Å². The van der Waals surface area contributed by atoms with Crippen molar-refractivity contribution in [3.8, 4) is 0 Å². The summed E-state index contributed by atoms with van der Waals surface area (Å²) in [7, 11) is 0. The number of carbonyl (C=O) groups excluding carboxylic acids is 2. The van der Waals surface area contributed by atoms with E-state index < -0.39 is 0 Å². The highest BCUT2D eigenvalue weighted by Gasteiger charge is 2.30. The number of para-hydroxylation sites is 1. The lowest BCUT2D eigenvalue weighted by Crippen LogP contribution is -2.39. The topological polar surface area (TPSA) is 74.8 Å². The Hall–Kier alpha value is -2.17. The van der Waals surface area contributed by atoms with Gasteiger partial charge in [0, 0.05) is 11.8 Å². The van der Waals surface area contributed by atoms with Crippen LogP contribution in [0.1, 0.15) is 30.0 Å². The summed E-state index contributed by atoms with van der Waals surface area (Å²) >= 11 is 0. The summed E-state index contributed by atoms with van der Waals surface area (Å²) in [4.78, 5) is 23.0. The lowest BCUT2D eigenvalue weighted by molar-refractivity contribution is -0.134. The molecule has 1 unspecified atom stereocenters. The van der Waals surface area contributed by atoms with Crippen molar-refractivity contribution in [3.05, 3.63) is 29.5 Å². The Morgan fingerprint density at radius 3 is 2.94 bits per heavy atom. The van der Waals surface area contributed by atoms with Gasteiger partial charge in [-0.05, 0) is 18.9 Å². The maximum atomic E-state index is 11.9. The molecule has 92 valence electrons. The van der Waals surface area contributed by atoms with Crippen LogP contribution in [0.2, 0.25) is 0 Å². The highest BCUT2D eigenvalue weighted by molar-refractivity contribution is 6.02. The zero-order valence-electron chi connectivity index (χ0n) is 9.99. The van der Waals surface area contributed by atoms with Gasteiger partial charge >= 0.3 is 0 Å². The number of nitrogens with one attached hydrogen (secondary N) is 2. The third-order valence-electron chi connectivity index (χ3n) is 3.40. The van der Waals surface area contributed by atoms with E-state index in [0.717, 1.165) is 22.2 Å². The van der Waals surface area contributed by atoms with Crippen LogP contribution >= 0.6 is 0 Å². The molecule has 2 aromatic rings.